The number of halogens is 3. The molecule has 1 aromatic heterocycles. The highest BCUT2D eigenvalue weighted by atomic mass is 32.2. The smallest absolute Gasteiger partial charge is 0.362 e. The summed E-state index contributed by atoms with van der Waals surface area (Å²) in [6.07, 6.45) is -2.01. The van der Waals surface area contributed by atoms with Crippen LogP contribution in [0.1, 0.15) is 5.56 Å². The van der Waals surface area contributed by atoms with E-state index in [4.69, 9.17) is 0 Å². The fourth-order valence-electron chi connectivity index (χ4n) is 1.59. The molecule has 1 N–H and O–H groups in total. The van der Waals surface area contributed by atoms with Crippen molar-refractivity contribution in [2.24, 2.45) is 0 Å². The fraction of sp³-hybridized carbons (Fsp3) is 0.300. The highest BCUT2D eigenvalue weighted by Crippen LogP contribution is 2.33. The highest BCUT2D eigenvalue weighted by Gasteiger charge is 2.35. The minimum Gasteiger partial charge on any atom is -0.362 e. The van der Waals surface area contributed by atoms with Crippen LogP contribution >= 0.6 is 0 Å². The lowest BCUT2D eigenvalue weighted by molar-refractivity contribution is -0.137. The number of pyridine rings is 1. The zero-order valence-electron chi connectivity index (χ0n) is 8.98. The number of rotatable bonds is 2. The van der Waals surface area contributed by atoms with Gasteiger partial charge < -0.3 is 5.32 Å². The quantitative estimate of drug-likeness (QED) is 0.896. The van der Waals surface area contributed by atoms with E-state index in [2.05, 4.69) is 10.3 Å². The topological polar surface area (TPSA) is 59.1 Å². The van der Waals surface area contributed by atoms with Gasteiger partial charge in [-0.1, -0.05) is 0 Å². The van der Waals surface area contributed by atoms with Crippen LogP contribution in [0.2, 0.25) is 0 Å². The Morgan fingerprint density at radius 2 is 2.11 bits per heavy atom. The third kappa shape index (κ3) is 2.81. The van der Waals surface area contributed by atoms with Gasteiger partial charge in [-0.3, -0.25) is 0 Å². The summed E-state index contributed by atoms with van der Waals surface area (Å²) in [4.78, 5) is 3.60. The van der Waals surface area contributed by atoms with Crippen molar-refractivity contribution in [3.8, 4) is 0 Å². The molecule has 0 radical (unpaired) electrons. The highest BCUT2D eigenvalue weighted by molar-refractivity contribution is 7.94. The normalized spacial score (nSPS) is 22.1. The predicted octanol–water partition coefficient (Wildman–Crippen LogP) is 1.82. The summed E-state index contributed by atoms with van der Waals surface area (Å²) in [6, 6.07) is 1.38. The molecule has 0 saturated carbocycles. The molecule has 0 bridgehead atoms. The van der Waals surface area contributed by atoms with E-state index in [-0.39, 0.29) is 11.6 Å². The molecule has 1 unspecified atom stereocenters. The number of aromatic nitrogens is 1. The Morgan fingerprint density at radius 1 is 1.39 bits per heavy atom. The minimum atomic E-state index is -4.53. The Labute approximate surface area is 101 Å². The van der Waals surface area contributed by atoms with Gasteiger partial charge in [-0.2, -0.15) is 13.2 Å². The van der Waals surface area contributed by atoms with E-state index >= 15 is 0 Å². The summed E-state index contributed by atoms with van der Waals surface area (Å²) in [5.74, 6) is -0.627. The first-order valence-electron chi connectivity index (χ1n) is 4.98. The van der Waals surface area contributed by atoms with Gasteiger partial charge in [0.05, 0.1) is 17.4 Å². The van der Waals surface area contributed by atoms with Crippen LogP contribution in [0.4, 0.5) is 19.0 Å². The third-order valence-electron chi connectivity index (χ3n) is 2.37. The average molecular weight is 278 g/mol. The molecular formula is C10H9F3N2O2S. The lowest BCUT2D eigenvalue weighted by atomic mass is 10.2. The van der Waals surface area contributed by atoms with Crippen molar-refractivity contribution in [2.75, 3.05) is 11.1 Å². The van der Waals surface area contributed by atoms with Crippen LogP contribution < -0.4 is 5.32 Å². The number of nitrogens with one attached hydrogen (secondary N) is 1. The van der Waals surface area contributed by atoms with Crippen molar-refractivity contribution in [1.82, 2.24) is 4.98 Å². The van der Waals surface area contributed by atoms with Gasteiger partial charge in [0, 0.05) is 11.6 Å². The summed E-state index contributed by atoms with van der Waals surface area (Å²) in [5.41, 5.74) is -0.914. The predicted molar refractivity (Wildman–Crippen MR) is 59.6 cm³/mol. The van der Waals surface area contributed by atoms with Crippen LogP contribution in [0, 0.1) is 0 Å². The zero-order valence-corrected chi connectivity index (χ0v) is 9.79. The van der Waals surface area contributed by atoms with Crippen LogP contribution in [0.3, 0.4) is 0 Å². The Hall–Kier alpha value is -1.57. The molecule has 0 amide bonds. The number of hydrogen-bond acceptors (Lipinski definition) is 4. The second-order valence-electron chi connectivity index (χ2n) is 3.81. The molecule has 0 aromatic carbocycles. The van der Waals surface area contributed by atoms with Crippen LogP contribution in [0.5, 0.6) is 0 Å². The van der Waals surface area contributed by atoms with Crippen molar-refractivity contribution in [3.63, 3.8) is 0 Å². The van der Waals surface area contributed by atoms with E-state index in [0.717, 1.165) is 11.5 Å². The van der Waals surface area contributed by atoms with Gasteiger partial charge >= 0.3 is 6.18 Å². The van der Waals surface area contributed by atoms with Crippen molar-refractivity contribution in [2.45, 2.75) is 12.2 Å². The summed E-state index contributed by atoms with van der Waals surface area (Å²) in [7, 11) is -3.32. The molecule has 1 aliphatic rings. The average Bonchev–Trinajstić information content (AvgIpc) is 2.57. The Kier molecular flexibility index (Phi) is 3.05. The fourth-order valence-corrected chi connectivity index (χ4v) is 2.83. The minimum absolute atomic E-state index is 0.263. The summed E-state index contributed by atoms with van der Waals surface area (Å²) in [5, 5.41) is 3.46. The van der Waals surface area contributed by atoms with E-state index in [1.165, 1.54) is 18.3 Å². The number of anilines is 1. The Balaban J connectivity index is 2.24. The van der Waals surface area contributed by atoms with Crippen LogP contribution in [0.25, 0.3) is 0 Å². The standard InChI is InChI=1S/C10H9F3N2O2S/c11-10(12,13)8-2-1-4-14-9(8)15-7-3-5-18(16,17)6-7/h1-5,7H,6H2,(H,14,15). The SMILES string of the molecule is O=S1(=O)C=CC(Nc2ncccc2C(F)(F)F)C1. The molecular weight excluding hydrogens is 269 g/mol. The van der Waals surface area contributed by atoms with Gasteiger partial charge in [0.15, 0.2) is 9.84 Å². The molecule has 2 rings (SSSR count). The second kappa shape index (κ2) is 4.27. The third-order valence-corrected chi connectivity index (χ3v) is 3.76. The van der Waals surface area contributed by atoms with Gasteiger partial charge in [-0.15, -0.1) is 0 Å². The van der Waals surface area contributed by atoms with E-state index < -0.39 is 27.6 Å². The molecule has 1 aliphatic heterocycles. The maximum atomic E-state index is 12.7. The van der Waals surface area contributed by atoms with Gasteiger partial charge in [0.25, 0.3) is 0 Å². The van der Waals surface area contributed by atoms with Crippen LogP contribution in [-0.2, 0) is 16.0 Å². The number of hydrogen-bond donors (Lipinski definition) is 1. The molecule has 1 aromatic rings. The van der Waals surface area contributed by atoms with Gasteiger partial charge in [-0.25, -0.2) is 13.4 Å². The van der Waals surface area contributed by atoms with E-state index in [0.29, 0.717) is 0 Å². The van der Waals surface area contributed by atoms with Crippen LogP contribution in [-0.4, -0.2) is 25.2 Å². The second-order valence-corrected chi connectivity index (χ2v) is 5.74. The molecule has 98 valence electrons. The number of nitrogens with zero attached hydrogens (tertiary/aromatic N) is 1. The molecule has 8 heteroatoms. The maximum absolute atomic E-state index is 12.7. The zero-order chi connectivity index (χ0) is 13.4. The van der Waals surface area contributed by atoms with E-state index in [9.17, 15) is 21.6 Å². The molecule has 2 heterocycles. The molecule has 18 heavy (non-hydrogen) atoms. The van der Waals surface area contributed by atoms with Gasteiger partial charge in [0.1, 0.15) is 5.82 Å². The first-order chi connectivity index (χ1) is 8.28. The number of alkyl halides is 3. The van der Waals surface area contributed by atoms with Crippen molar-refractivity contribution < 1.29 is 21.6 Å². The molecule has 4 nitrogen and oxygen atoms in total. The van der Waals surface area contributed by atoms with Crippen molar-refractivity contribution >= 4 is 15.7 Å². The first-order valence-corrected chi connectivity index (χ1v) is 6.69. The van der Waals surface area contributed by atoms with Gasteiger partial charge in [-0.05, 0) is 18.2 Å². The molecule has 1 atom stereocenters. The summed E-state index contributed by atoms with van der Waals surface area (Å²) in [6.45, 7) is 0. The molecule has 0 saturated heterocycles. The van der Waals surface area contributed by atoms with Crippen LogP contribution in [0.15, 0.2) is 29.8 Å². The van der Waals surface area contributed by atoms with E-state index in [1.54, 1.807) is 0 Å². The lowest BCUT2D eigenvalue weighted by Crippen LogP contribution is -2.23. The first kappa shape index (κ1) is 12.9. The van der Waals surface area contributed by atoms with Gasteiger partial charge in [0.2, 0.25) is 0 Å². The Morgan fingerprint density at radius 3 is 2.67 bits per heavy atom. The largest absolute Gasteiger partial charge is 0.419 e. The van der Waals surface area contributed by atoms with Crippen molar-refractivity contribution in [1.29, 1.82) is 0 Å². The number of sulfone groups is 1. The molecule has 0 aliphatic carbocycles. The summed E-state index contributed by atoms with van der Waals surface area (Å²) >= 11 is 0. The Bertz CT molecular complexity index is 581. The van der Waals surface area contributed by atoms with E-state index in [1.807, 2.05) is 0 Å². The molecule has 0 spiro atoms. The lowest BCUT2D eigenvalue weighted by Gasteiger charge is -2.15. The maximum Gasteiger partial charge on any atom is 0.419 e. The van der Waals surface area contributed by atoms with Crippen molar-refractivity contribution in [3.05, 3.63) is 35.4 Å². The monoisotopic (exact) mass is 278 g/mol. The summed E-state index contributed by atoms with van der Waals surface area (Å²) < 4.78 is 60.3. The molecule has 0 fully saturated rings.